The van der Waals surface area contributed by atoms with Crippen molar-refractivity contribution in [2.45, 2.75) is 19.8 Å². The molecule has 1 fully saturated rings. The average molecular weight is 287 g/mol. The number of nitrogens with zero attached hydrogens (tertiary/aromatic N) is 2. The lowest BCUT2D eigenvalue weighted by Crippen LogP contribution is -2.37. The number of rotatable bonds is 2. The van der Waals surface area contributed by atoms with Crippen LogP contribution in [0.3, 0.4) is 0 Å². The van der Waals surface area contributed by atoms with Crippen molar-refractivity contribution < 1.29 is 12.3 Å². The molecule has 0 aromatic carbocycles. The zero-order valence-electron chi connectivity index (χ0n) is 10.9. The Morgan fingerprint density at radius 1 is 1.75 bits per heavy atom. The normalized spacial score (nSPS) is 18.9. The summed E-state index contributed by atoms with van der Waals surface area (Å²) in [6.07, 6.45) is 1.61. The van der Waals surface area contributed by atoms with Gasteiger partial charge in [-0.3, -0.25) is 4.98 Å². The summed E-state index contributed by atoms with van der Waals surface area (Å²) in [4.78, 5) is 16.8. The second-order valence-electron chi connectivity index (χ2n) is 3.52. The first kappa shape index (κ1) is 8.98. The number of pyridine rings is 1. The van der Waals surface area contributed by atoms with Crippen LogP contribution in [0.5, 0.6) is 0 Å². The number of amides is 1. The molecule has 0 radical (unpaired) electrons. The van der Waals surface area contributed by atoms with E-state index in [4.69, 9.17) is 7.48 Å². The van der Waals surface area contributed by atoms with Gasteiger partial charge in [0.15, 0.2) is 0 Å². The molecule has 16 heavy (non-hydrogen) atoms. The number of aryl methyl sites for hydroxylation is 1. The second kappa shape index (κ2) is 4.82. The van der Waals surface area contributed by atoms with Gasteiger partial charge in [-0.15, -0.1) is 0 Å². The Balaban J connectivity index is 2.40. The van der Waals surface area contributed by atoms with Crippen LogP contribution in [0.4, 0.5) is 4.79 Å². The number of hydrogen-bond acceptors (Lipinski definition) is 3. The summed E-state index contributed by atoms with van der Waals surface area (Å²) in [5.74, 6) is 0. The lowest BCUT2D eigenvalue weighted by Gasteiger charge is -2.26. The molecule has 2 heterocycles. The fourth-order valence-corrected chi connectivity index (χ4v) is 1.75. The number of carbonyl (C=O) groups is 1. The summed E-state index contributed by atoms with van der Waals surface area (Å²) in [6.45, 7) is 0.492. The van der Waals surface area contributed by atoms with E-state index in [1.165, 1.54) is 0 Å². The van der Waals surface area contributed by atoms with Gasteiger partial charge in [-0.1, -0.05) is 0 Å². The summed E-state index contributed by atoms with van der Waals surface area (Å²) in [5, 5.41) is 0. The zero-order chi connectivity index (χ0) is 13.3. The number of carbonyl (C=O) groups excluding carboxylic acids is 1. The third-order valence-corrected chi connectivity index (χ3v) is 2.71. The van der Waals surface area contributed by atoms with E-state index >= 15 is 0 Å². The third kappa shape index (κ3) is 2.52. The molecule has 86 valence electrons. The van der Waals surface area contributed by atoms with Crippen LogP contribution in [0, 0.1) is 6.92 Å². The molecule has 1 aliphatic heterocycles. The Kier molecular flexibility index (Phi) is 2.71. The Bertz CT molecular complexity index is 482. The summed E-state index contributed by atoms with van der Waals surface area (Å²) in [6, 6.07) is 1.64. The van der Waals surface area contributed by atoms with Gasteiger partial charge in [0.05, 0.1) is 15.8 Å². The van der Waals surface area contributed by atoms with Crippen molar-refractivity contribution >= 4 is 22.0 Å². The van der Waals surface area contributed by atoms with Gasteiger partial charge in [-0.25, -0.2) is 4.79 Å². The summed E-state index contributed by atoms with van der Waals surface area (Å²) >= 11 is 3.26. The number of hydrogen-bond donors (Lipinski definition) is 0. The van der Waals surface area contributed by atoms with Crippen LogP contribution >= 0.6 is 15.9 Å². The molecule has 0 unspecified atom stereocenters. The first-order chi connectivity index (χ1) is 8.43. The van der Waals surface area contributed by atoms with Gasteiger partial charge in [-0.2, -0.15) is 0 Å². The van der Waals surface area contributed by atoms with E-state index in [-0.39, 0.29) is 0 Å². The Morgan fingerprint density at radius 3 is 3.31 bits per heavy atom. The number of aromatic nitrogens is 1. The molecule has 1 aliphatic rings. The molecule has 1 saturated heterocycles. The first-order valence-electron chi connectivity index (χ1n) is 6.00. The Morgan fingerprint density at radius 2 is 2.56 bits per heavy atom. The van der Waals surface area contributed by atoms with Crippen LogP contribution in [0.25, 0.3) is 0 Å². The number of ether oxygens (including phenoxy) is 1. The van der Waals surface area contributed by atoms with Gasteiger partial charge in [0.1, 0.15) is 0 Å². The lowest BCUT2D eigenvalue weighted by molar-refractivity contribution is 0.0699. The SMILES string of the molecule is [2H]C([2H])(c1cc(Br)cnc1C)N1CCCOC1=O. The van der Waals surface area contributed by atoms with E-state index in [0.29, 0.717) is 35.3 Å². The molecule has 0 bridgehead atoms. The van der Waals surface area contributed by atoms with Gasteiger partial charge in [-0.05, 0) is 40.9 Å². The van der Waals surface area contributed by atoms with Crippen LogP contribution in [0.1, 0.15) is 20.4 Å². The molecule has 0 aliphatic carbocycles. The Labute approximate surface area is 106 Å². The first-order valence-corrected chi connectivity index (χ1v) is 5.79. The van der Waals surface area contributed by atoms with Crippen molar-refractivity contribution in [3.05, 3.63) is 28.0 Å². The highest BCUT2D eigenvalue weighted by molar-refractivity contribution is 9.10. The van der Waals surface area contributed by atoms with Crippen LogP contribution in [-0.2, 0) is 11.2 Å². The lowest BCUT2D eigenvalue weighted by atomic mass is 10.2. The van der Waals surface area contributed by atoms with Gasteiger partial charge < -0.3 is 9.64 Å². The van der Waals surface area contributed by atoms with E-state index in [1.807, 2.05) is 0 Å². The van der Waals surface area contributed by atoms with Crippen molar-refractivity contribution in [1.82, 2.24) is 9.88 Å². The predicted octanol–water partition coefficient (Wildman–Crippen LogP) is 2.49. The van der Waals surface area contributed by atoms with Gasteiger partial charge in [0.25, 0.3) is 0 Å². The molecular formula is C11H13BrN2O2. The molecule has 0 atom stereocenters. The molecule has 5 heteroatoms. The van der Waals surface area contributed by atoms with E-state index in [2.05, 4.69) is 20.9 Å². The zero-order valence-corrected chi connectivity index (χ0v) is 10.5. The van der Waals surface area contributed by atoms with E-state index < -0.39 is 12.6 Å². The molecular weight excluding hydrogens is 272 g/mol. The second-order valence-corrected chi connectivity index (χ2v) is 4.43. The summed E-state index contributed by atoms with van der Waals surface area (Å²) < 4.78 is 21.9. The third-order valence-electron chi connectivity index (χ3n) is 2.28. The molecule has 2 rings (SSSR count). The largest absolute Gasteiger partial charge is 0.449 e. The van der Waals surface area contributed by atoms with Crippen molar-refractivity contribution in [3.63, 3.8) is 0 Å². The number of halogens is 1. The van der Waals surface area contributed by atoms with Gasteiger partial charge >= 0.3 is 6.09 Å². The minimum absolute atomic E-state index is 0.345. The van der Waals surface area contributed by atoms with E-state index in [1.54, 1.807) is 19.2 Å². The molecule has 1 aromatic heterocycles. The van der Waals surface area contributed by atoms with Gasteiger partial charge in [0.2, 0.25) is 0 Å². The minimum atomic E-state index is -1.92. The summed E-state index contributed by atoms with van der Waals surface area (Å²) in [5.41, 5.74) is 0.928. The maximum absolute atomic E-state index is 11.6. The quantitative estimate of drug-likeness (QED) is 0.839. The van der Waals surface area contributed by atoms with E-state index in [9.17, 15) is 4.79 Å². The van der Waals surface area contributed by atoms with Crippen molar-refractivity contribution in [3.8, 4) is 0 Å². The van der Waals surface area contributed by atoms with Crippen molar-refractivity contribution in [1.29, 1.82) is 0 Å². The fourth-order valence-electron chi connectivity index (χ4n) is 1.42. The Hall–Kier alpha value is -1.10. The molecule has 1 aromatic rings. The smallest absolute Gasteiger partial charge is 0.410 e. The summed E-state index contributed by atoms with van der Waals surface area (Å²) in [7, 11) is 0. The fraction of sp³-hybridized carbons (Fsp3) is 0.455. The van der Waals surface area contributed by atoms with E-state index in [0.717, 1.165) is 4.90 Å². The van der Waals surface area contributed by atoms with Crippen LogP contribution < -0.4 is 0 Å². The monoisotopic (exact) mass is 286 g/mol. The molecule has 0 saturated carbocycles. The van der Waals surface area contributed by atoms with Crippen LogP contribution in [-0.4, -0.2) is 29.1 Å². The van der Waals surface area contributed by atoms with Crippen molar-refractivity contribution in [2.75, 3.05) is 13.2 Å². The van der Waals surface area contributed by atoms with Gasteiger partial charge in [0, 0.05) is 22.9 Å². The standard InChI is InChI=1S/C11H13BrN2O2/c1-8-9(5-10(12)6-13-8)7-14-3-2-4-16-11(14)15/h5-6H,2-4,7H2,1H3/i7D2. The maximum atomic E-state index is 11.6. The van der Waals surface area contributed by atoms with Crippen molar-refractivity contribution in [2.24, 2.45) is 0 Å². The molecule has 0 spiro atoms. The highest BCUT2D eigenvalue weighted by atomic mass is 79.9. The molecule has 1 amide bonds. The predicted molar refractivity (Wildman–Crippen MR) is 63.0 cm³/mol. The van der Waals surface area contributed by atoms with Crippen LogP contribution in [0.2, 0.25) is 0 Å². The highest BCUT2D eigenvalue weighted by Gasteiger charge is 2.20. The molecule has 0 N–H and O–H groups in total. The maximum Gasteiger partial charge on any atom is 0.410 e. The average Bonchev–Trinajstić information content (AvgIpc) is 2.32. The topological polar surface area (TPSA) is 42.4 Å². The molecule has 4 nitrogen and oxygen atoms in total. The van der Waals surface area contributed by atoms with Crippen LogP contribution in [0.15, 0.2) is 16.7 Å². The number of cyclic esters (lactones) is 1. The highest BCUT2D eigenvalue weighted by Crippen LogP contribution is 2.17. The minimum Gasteiger partial charge on any atom is -0.449 e.